The van der Waals surface area contributed by atoms with E-state index < -0.39 is 0 Å². The molecule has 1 N–H and O–H groups in total. The predicted molar refractivity (Wildman–Crippen MR) is 56.2 cm³/mol. The molecule has 0 aromatic rings. The molecule has 0 spiro atoms. The van der Waals surface area contributed by atoms with Gasteiger partial charge >= 0.3 is 0 Å². The van der Waals surface area contributed by atoms with E-state index in [-0.39, 0.29) is 10.8 Å². The SMILES string of the molecule is CC(=O)C(=N)SC1=CCCN(C)C1. The minimum Gasteiger partial charge on any atom is -0.301 e. The molecule has 3 nitrogen and oxygen atoms in total. The van der Waals surface area contributed by atoms with Crippen LogP contribution in [0.3, 0.4) is 0 Å². The number of nitrogens with zero attached hydrogens (tertiary/aromatic N) is 1. The van der Waals surface area contributed by atoms with Gasteiger partial charge in [0.15, 0.2) is 5.78 Å². The molecule has 72 valence electrons. The molecule has 1 heterocycles. The number of Topliss-reactive ketones (excluding diaryl/α,β-unsaturated/α-hetero) is 1. The molecule has 0 unspecified atom stereocenters. The Morgan fingerprint density at radius 3 is 2.92 bits per heavy atom. The largest absolute Gasteiger partial charge is 0.301 e. The van der Waals surface area contributed by atoms with Crippen LogP contribution in [0, 0.1) is 5.41 Å². The maximum absolute atomic E-state index is 10.8. The first-order valence-electron chi connectivity index (χ1n) is 4.24. The molecule has 1 aliphatic rings. The zero-order valence-corrected chi connectivity index (χ0v) is 8.78. The van der Waals surface area contributed by atoms with Crippen LogP contribution in [0.1, 0.15) is 13.3 Å². The molecule has 0 aliphatic carbocycles. The van der Waals surface area contributed by atoms with Gasteiger partial charge in [0.25, 0.3) is 0 Å². The lowest BCUT2D eigenvalue weighted by atomic mass is 10.3. The average molecular weight is 198 g/mol. The fourth-order valence-electron chi connectivity index (χ4n) is 1.13. The first kappa shape index (κ1) is 10.5. The van der Waals surface area contributed by atoms with Crippen LogP contribution in [0.4, 0.5) is 0 Å². The summed E-state index contributed by atoms with van der Waals surface area (Å²) in [5.41, 5.74) is 0. The van der Waals surface area contributed by atoms with Gasteiger partial charge in [0.2, 0.25) is 0 Å². The van der Waals surface area contributed by atoms with Gasteiger partial charge < -0.3 is 4.90 Å². The van der Waals surface area contributed by atoms with E-state index in [0.717, 1.165) is 24.4 Å². The number of carbonyl (C=O) groups excluding carboxylic acids is 1. The first-order valence-corrected chi connectivity index (χ1v) is 5.06. The van der Waals surface area contributed by atoms with Crippen LogP contribution in [-0.4, -0.2) is 35.9 Å². The van der Waals surface area contributed by atoms with Gasteiger partial charge in [0.1, 0.15) is 5.04 Å². The highest BCUT2D eigenvalue weighted by Crippen LogP contribution is 2.21. The molecule has 0 atom stereocenters. The molecule has 0 saturated heterocycles. The topological polar surface area (TPSA) is 44.2 Å². The van der Waals surface area contributed by atoms with Crippen molar-refractivity contribution in [2.24, 2.45) is 0 Å². The predicted octanol–water partition coefficient (Wildman–Crippen LogP) is 1.51. The third-order valence-electron chi connectivity index (χ3n) is 1.86. The molecular formula is C9H14N2OS. The Balaban J connectivity index is 2.49. The number of thioether (sulfide) groups is 1. The van der Waals surface area contributed by atoms with E-state index in [0.29, 0.717) is 0 Å². The van der Waals surface area contributed by atoms with Gasteiger partial charge in [-0.3, -0.25) is 10.2 Å². The molecule has 0 radical (unpaired) electrons. The van der Waals surface area contributed by atoms with E-state index in [1.54, 1.807) is 0 Å². The summed E-state index contributed by atoms with van der Waals surface area (Å²) in [7, 11) is 2.05. The Bertz CT molecular complexity index is 260. The highest BCUT2D eigenvalue weighted by molar-refractivity contribution is 8.18. The number of hydrogen-bond donors (Lipinski definition) is 1. The molecule has 0 fully saturated rings. The van der Waals surface area contributed by atoms with Crippen LogP contribution in [-0.2, 0) is 4.79 Å². The van der Waals surface area contributed by atoms with Crippen molar-refractivity contribution in [3.8, 4) is 0 Å². The monoisotopic (exact) mass is 198 g/mol. The Morgan fingerprint density at radius 2 is 2.38 bits per heavy atom. The summed E-state index contributed by atoms with van der Waals surface area (Å²) in [5.74, 6) is -0.154. The third-order valence-corrected chi connectivity index (χ3v) is 2.91. The van der Waals surface area contributed by atoms with Gasteiger partial charge in [-0.2, -0.15) is 0 Å². The Kier molecular flexibility index (Phi) is 3.69. The van der Waals surface area contributed by atoms with E-state index in [4.69, 9.17) is 5.41 Å². The molecule has 0 bridgehead atoms. The average Bonchev–Trinajstić information content (AvgIpc) is 2.04. The second kappa shape index (κ2) is 4.58. The van der Waals surface area contributed by atoms with Gasteiger partial charge in [-0.25, -0.2) is 0 Å². The summed E-state index contributed by atoms with van der Waals surface area (Å²) < 4.78 is 0. The molecule has 0 aromatic carbocycles. The third kappa shape index (κ3) is 3.32. The maximum atomic E-state index is 10.8. The minimum absolute atomic E-state index is 0.140. The van der Waals surface area contributed by atoms with Crippen molar-refractivity contribution in [1.82, 2.24) is 4.90 Å². The van der Waals surface area contributed by atoms with Crippen molar-refractivity contribution in [2.75, 3.05) is 20.1 Å². The summed E-state index contributed by atoms with van der Waals surface area (Å²) in [6.45, 7) is 3.36. The van der Waals surface area contributed by atoms with E-state index in [9.17, 15) is 4.79 Å². The van der Waals surface area contributed by atoms with Gasteiger partial charge in [-0.05, 0) is 13.5 Å². The van der Waals surface area contributed by atoms with E-state index in [1.807, 2.05) is 7.05 Å². The van der Waals surface area contributed by atoms with E-state index in [1.165, 1.54) is 18.7 Å². The molecule has 1 aliphatic heterocycles. The van der Waals surface area contributed by atoms with Crippen LogP contribution in [0.2, 0.25) is 0 Å². The smallest absolute Gasteiger partial charge is 0.184 e. The minimum atomic E-state index is -0.154. The molecule has 0 aromatic heterocycles. The standard InChI is InChI=1S/C9H14N2OS/c1-7(12)9(10)13-8-4-3-5-11(2)6-8/h4,10H,3,5-6H2,1-2H3. The number of ketones is 1. The first-order chi connectivity index (χ1) is 6.09. The van der Waals surface area contributed by atoms with Gasteiger partial charge in [-0.15, -0.1) is 0 Å². The van der Waals surface area contributed by atoms with Crippen molar-refractivity contribution in [3.63, 3.8) is 0 Å². The van der Waals surface area contributed by atoms with Crippen LogP contribution >= 0.6 is 11.8 Å². The summed E-state index contributed by atoms with van der Waals surface area (Å²) in [6.07, 6.45) is 3.13. The zero-order valence-electron chi connectivity index (χ0n) is 7.96. The van der Waals surface area contributed by atoms with Crippen LogP contribution in [0.25, 0.3) is 0 Å². The van der Waals surface area contributed by atoms with E-state index in [2.05, 4.69) is 11.0 Å². The lowest BCUT2D eigenvalue weighted by Crippen LogP contribution is -2.25. The second-order valence-electron chi connectivity index (χ2n) is 3.18. The van der Waals surface area contributed by atoms with Crippen molar-refractivity contribution in [2.45, 2.75) is 13.3 Å². The fraction of sp³-hybridized carbons (Fsp3) is 0.556. The molecular weight excluding hydrogens is 184 g/mol. The van der Waals surface area contributed by atoms with E-state index >= 15 is 0 Å². The number of rotatable bonds is 2. The van der Waals surface area contributed by atoms with Crippen LogP contribution < -0.4 is 0 Å². The number of nitrogens with one attached hydrogen (secondary N) is 1. The maximum Gasteiger partial charge on any atom is 0.184 e. The number of likely N-dealkylation sites (N-methyl/N-ethyl adjacent to an activating group) is 1. The Hall–Kier alpha value is -0.610. The quantitative estimate of drug-likeness (QED) is 0.540. The van der Waals surface area contributed by atoms with Crippen LogP contribution in [0.15, 0.2) is 11.0 Å². The second-order valence-corrected chi connectivity index (χ2v) is 4.32. The van der Waals surface area contributed by atoms with Gasteiger partial charge in [0.05, 0.1) is 0 Å². The zero-order chi connectivity index (χ0) is 9.84. The summed E-state index contributed by atoms with van der Waals surface area (Å²) >= 11 is 1.29. The van der Waals surface area contributed by atoms with Crippen molar-refractivity contribution >= 4 is 22.6 Å². The highest BCUT2D eigenvalue weighted by Gasteiger charge is 2.12. The normalized spacial score (nSPS) is 18.2. The molecule has 0 saturated carbocycles. The van der Waals surface area contributed by atoms with Gasteiger partial charge in [-0.1, -0.05) is 17.8 Å². The Labute approximate surface area is 82.7 Å². The Morgan fingerprint density at radius 1 is 1.69 bits per heavy atom. The number of carbonyl (C=O) groups is 1. The lowest BCUT2D eigenvalue weighted by molar-refractivity contribution is -0.110. The van der Waals surface area contributed by atoms with Gasteiger partial charge in [0, 0.05) is 24.9 Å². The lowest BCUT2D eigenvalue weighted by Gasteiger charge is -2.21. The summed E-state index contributed by atoms with van der Waals surface area (Å²) in [4.78, 5) is 14.1. The number of hydrogen-bond acceptors (Lipinski definition) is 4. The van der Waals surface area contributed by atoms with Crippen molar-refractivity contribution < 1.29 is 4.79 Å². The molecule has 4 heteroatoms. The summed E-state index contributed by atoms with van der Waals surface area (Å²) in [5, 5.41) is 7.54. The summed E-state index contributed by atoms with van der Waals surface area (Å²) in [6, 6.07) is 0. The van der Waals surface area contributed by atoms with Crippen molar-refractivity contribution in [3.05, 3.63) is 11.0 Å². The van der Waals surface area contributed by atoms with Crippen LogP contribution in [0.5, 0.6) is 0 Å². The van der Waals surface area contributed by atoms with Crippen molar-refractivity contribution in [1.29, 1.82) is 5.41 Å². The molecule has 1 rings (SSSR count). The molecule has 0 amide bonds. The fourth-order valence-corrected chi connectivity index (χ4v) is 2.02. The highest BCUT2D eigenvalue weighted by atomic mass is 32.2. The molecule has 13 heavy (non-hydrogen) atoms.